The Morgan fingerprint density at radius 2 is 2.07 bits per heavy atom. The number of thioether (sulfide) groups is 1. The lowest BCUT2D eigenvalue weighted by molar-refractivity contribution is 0.0941. The molecule has 0 bridgehead atoms. The van der Waals surface area contributed by atoms with Gasteiger partial charge in [-0.2, -0.15) is 0 Å². The summed E-state index contributed by atoms with van der Waals surface area (Å²) in [4.78, 5) is 22.8. The van der Waals surface area contributed by atoms with Gasteiger partial charge >= 0.3 is 0 Å². The summed E-state index contributed by atoms with van der Waals surface area (Å²) in [6.07, 6.45) is 2.40. The highest BCUT2D eigenvalue weighted by Crippen LogP contribution is 2.23. The van der Waals surface area contributed by atoms with E-state index >= 15 is 0 Å². The highest BCUT2D eigenvalue weighted by Gasteiger charge is 2.23. The first-order valence-electron chi connectivity index (χ1n) is 9.91. The lowest BCUT2D eigenvalue weighted by atomic mass is 10.1. The van der Waals surface area contributed by atoms with E-state index in [2.05, 4.69) is 27.1 Å². The predicted octanol–water partition coefficient (Wildman–Crippen LogP) is 4.07. The number of H-pyrrole nitrogens is 1. The standard InChI is InChI=1S/C22H26N4OS/c1-2-26-13-5-6-18(26)14-23-21(27)17-11-9-16(10-12-17)15-28-22-24-19-7-3-4-8-20(19)25-22/h3-4,7-12,18H,2,5-6,13-15H2,1H3,(H,23,27)(H,24,25). The maximum absolute atomic E-state index is 12.4. The molecule has 2 aromatic carbocycles. The molecule has 1 aromatic heterocycles. The van der Waals surface area contributed by atoms with Crippen molar-refractivity contribution in [3.05, 3.63) is 59.7 Å². The second-order valence-electron chi connectivity index (χ2n) is 7.18. The van der Waals surface area contributed by atoms with Gasteiger partial charge in [0.25, 0.3) is 5.91 Å². The van der Waals surface area contributed by atoms with Crippen LogP contribution >= 0.6 is 11.8 Å². The van der Waals surface area contributed by atoms with Crippen molar-refractivity contribution in [2.24, 2.45) is 0 Å². The van der Waals surface area contributed by atoms with Gasteiger partial charge in [-0.3, -0.25) is 9.69 Å². The number of likely N-dealkylation sites (tertiary alicyclic amines) is 1. The number of nitrogens with one attached hydrogen (secondary N) is 2. The Labute approximate surface area is 169 Å². The number of para-hydroxylation sites is 2. The van der Waals surface area contributed by atoms with Crippen LogP contribution in [0.5, 0.6) is 0 Å². The van der Waals surface area contributed by atoms with Crippen molar-refractivity contribution in [1.29, 1.82) is 0 Å². The number of imidazole rings is 1. The lowest BCUT2D eigenvalue weighted by Gasteiger charge is -2.22. The van der Waals surface area contributed by atoms with Crippen LogP contribution in [0.15, 0.2) is 53.7 Å². The summed E-state index contributed by atoms with van der Waals surface area (Å²) in [6.45, 7) is 5.12. The number of aromatic amines is 1. The molecule has 0 saturated carbocycles. The smallest absolute Gasteiger partial charge is 0.251 e. The van der Waals surface area contributed by atoms with E-state index in [1.807, 2.05) is 48.5 Å². The first-order chi connectivity index (χ1) is 13.7. The summed E-state index contributed by atoms with van der Waals surface area (Å²) in [7, 11) is 0. The Morgan fingerprint density at radius 1 is 1.25 bits per heavy atom. The van der Waals surface area contributed by atoms with Gasteiger partial charge in [0, 0.05) is 23.9 Å². The quantitative estimate of drug-likeness (QED) is 0.593. The van der Waals surface area contributed by atoms with E-state index in [0.29, 0.717) is 6.04 Å². The third kappa shape index (κ3) is 4.39. The van der Waals surface area contributed by atoms with Gasteiger partial charge < -0.3 is 10.3 Å². The fourth-order valence-electron chi connectivity index (χ4n) is 3.76. The van der Waals surface area contributed by atoms with Crippen molar-refractivity contribution >= 4 is 28.7 Å². The van der Waals surface area contributed by atoms with E-state index in [9.17, 15) is 4.79 Å². The first-order valence-corrected chi connectivity index (χ1v) is 10.9. The third-order valence-electron chi connectivity index (χ3n) is 5.36. The van der Waals surface area contributed by atoms with Crippen molar-refractivity contribution in [2.45, 2.75) is 36.7 Å². The summed E-state index contributed by atoms with van der Waals surface area (Å²) in [5.74, 6) is 0.828. The van der Waals surface area contributed by atoms with Gasteiger partial charge in [-0.15, -0.1) is 0 Å². The highest BCUT2D eigenvalue weighted by molar-refractivity contribution is 7.98. The van der Waals surface area contributed by atoms with Crippen LogP contribution in [0.4, 0.5) is 0 Å². The van der Waals surface area contributed by atoms with Gasteiger partial charge in [0.2, 0.25) is 0 Å². The molecule has 1 amide bonds. The van der Waals surface area contributed by atoms with Gasteiger partial charge in [-0.25, -0.2) is 4.98 Å². The molecule has 146 valence electrons. The number of carbonyl (C=O) groups is 1. The molecule has 1 atom stereocenters. The van der Waals surface area contributed by atoms with E-state index < -0.39 is 0 Å². The molecule has 1 aliphatic heterocycles. The summed E-state index contributed by atoms with van der Waals surface area (Å²) in [5, 5.41) is 4.01. The fraction of sp³-hybridized carbons (Fsp3) is 0.364. The topological polar surface area (TPSA) is 61.0 Å². The zero-order chi connectivity index (χ0) is 19.3. The molecule has 1 unspecified atom stereocenters. The second-order valence-corrected chi connectivity index (χ2v) is 8.14. The largest absolute Gasteiger partial charge is 0.350 e. The number of likely N-dealkylation sites (N-methyl/N-ethyl adjacent to an activating group) is 1. The average molecular weight is 395 g/mol. The maximum atomic E-state index is 12.4. The normalized spacial score (nSPS) is 17.2. The molecule has 6 heteroatoms. The van der Waals surface area contributed by atoms with Crippen LogP contribution < -0.4 is 5.32 Å². The molecule has 1 aliphatic rings. The van der Waals surface area contributed by atoms with Crippen molar-refractivity contribution in [3.63, 3.8) is 0 Å². The van der Waals surface area contributed by atoms with E-state index in [1.165, 1.54) is 18.4 Å². The van der Waals surface area contributed by atoms with Gasteiger partial charge in [-0.05, 0) is 55.8 Å². The van der Waals surface area contributed by atoms with Crippen molar-refractivity contribution in [2.75, 3.05) is 19.6 Å². The predicted molar refractivity (Wildman–Crippen MR) is 115 cm³/mol. The zero-order valence-electron chi connectivity index (χ0n) is 16.1. The summed E-state index contributed by atoms with van der Waals surface area (Å²) in [6, 6.07) is 16.4. The Morgan fingerprint density at radius 3 is 2.86 bits per heavy atom. The molecular weight excluding hydrogens is 368 g/mol. The Bertz CT molecular complexity index is 904. The van der Waals surface area contributed by atoms with E-state index in [1.54, 1.807) is 11.8 Å². The summed E-state index contributed by atoms with van der Waals surface area (Å²) >= 11 is 1.67. The number of nitrogens with zero attached hydrogens (tertiary/aromatic N) is 2. The minimum absolute atomic E-state index is 0.0134. The van der Waals surface area contributed by atoms with Crippen LogP contribution in [0, 0.1) is 0 Å². The minimum Gasteiger partial charge on any atom is -0.350 e. The molecule has 0 aliphatic carbocycles. The first kappa shape index (κ1) is 19.0. The molecule has 2 N–H and O–H groups in total. The van der Waals surface area contributed by atoms with E-state index in [-0.39, 0.29) is 5.91 Å². The highest BCUT2D eigenvalue weighted by atomic mass is 32.2. The Balaban J connectivity index is 1.30. The van der Waals surface area contributed by atoms with Crippen molar-refractivity contribution in [3.8, 4) is 0 Å². The molecule has 5 nitrogen and oxygen atoms in total. The third-order valence-corrected chi connectivity index (χ3v) is 6.31. The number of amides is 1. The lowest BCUT2D eigenvalue weighted by Crippen LogP contribution is -2.40. The number of carbonyl (C=O) groups excluding carboxylic acids is 1. The Hall–Kier alpha value is -2.31. The number of fused-ring (bicyclic) bond motifs is 1. The van der Waals surface area contributed by atoms with Crippen LogP contribution in [-0.4, -0.2) is 46.5 Å². The number of aromatic nitrogens is 2. The maximum Gasteiger partial charge on any atom is 0.251 e. The van der Waals surface area contributed by atoms with Gasteiger partial charge in [0.05, 0.1) is 11.0 Å². The van der Waals surface area contributed by atoms with E-state index in [0.717, 1.165) is 47.1 Å². The van der Waals surface area contributed by atoms with Crippen LogP contribution in [0.2, 0.25) is 0 Å². The van der Waals surface area contributed by atoms with Gasteiger partial charge in [0.1, 0.15) is 0 Å². The Kier molecular flexibility index (Phi) is 5.98. The molecule has 0 spiro atoms. The molecule has 1 fully saturated rings. The SMILES string of the molecule is CCN1CCCC1CNC(=O)c1ccc(CSc2nc3ccccc3[nH]2)cc1. The number of benzene rings is 2. The minimum atomic E-state index is 0.0134. The summed E-state index contributed by atoms with van der Waals surface area (Å²) < 4.78 is 0. The molecule has 28 heavy (non-hydrogen) atoms. The van der Waals surface area contributed by atoms with Crippen LogP contribution in [-0.2, 0) is 5.75 Å². The van der Waals surface area contributed by atoms with Gasteiger partial charge in [-0.1, -0.05) is 43.0 Å². The average Bonchev–Trinajstić information content (AvgIpc) is 3.36. The van der Waals surface area contributed by atoms with Crippen LogP contribution in [0.25, 0.3) is 11.0 Å². The molecule has 2 heterocycles. The van der Waals surface area contributed by atoms with Gasteiger partial charge in [0.15, 0.2) is 5.16 Å². The number of hydrogen-bond acceptors (Lipinski definition) is 4. The molecule has 1 saturated heterocycles. The molecular formula is C22H26N4OS. The fourth-order valence-corrected chi connectivity index (χ4v) is 4.60. The van der Waals surface area contributed by atoms with Crippen molar-refractivity contribution in [1.82, 2.24) is 20.2 Å². The molecule has 3 aromatic rings. The van der Waals surface area contributed by atoms with Crippen LogP contribution in [0.1, 0.15) is 35.7 Å². The zero-order valence-corrected chi connectivity index (χ0v) is 17.0. The van der Waals surface area contributed by atoms with Crippen molar-refractivity contribution < 1.29 is 4.79 Å². The van der Waals surface area contributed by atoms with E-state index in [4.69, 9.17) is 0 Å². The monoisotopic (exact) mass is 394 g/mol. The van der Waals surface area contributed by atoms with Crippen LogP contribution in [0.3, 0.4) is 0 Å². The molecule has 0 radical (unpaired) electrons. The second kappa shape index (κ2) is 8.80. The number of hydrogen-bond donors (Lipinski definition) is 2. The summed E-state index contributed by atoms with van der Waals surface area (Å²) in [5.41, 5.74) is 3.94. The number of rotatable bonds is 7. The molecule has 4 rings (SSSR count).